The highest BCUT2D eigenvalue weighted by Crippen LogP contribution is 2.41. The van der Waals surface area contributed by atoms with Gasteiger partial charge >= 0.3 is 6.16 Å². The molecular weight excluding hydrogens is 607 g/mol. The van der Waals surface area contributed by atoms with Gasteiger partial charge in [-0.3, -0.25) is 4.79 Å². The molecule has 13 nitrogen and oxygen atoms in total. The number of hydrogen-bond donors (Lipinski definition) is 2. The fourth-order valence-electron chi connectivity index (χ4n) is 4.32. The zero-order valence-corrected chi connectivity index (χ0v) is 26.8. The molecule has 2 atom stereocenters. The number of aromatic nitrogens is 4. The summed E-state index contributed by atoms with van der Waals surface area (Å²) in [6.07, 6.45) is -0.644. The third-order valence-corrected chi connectivity index (χ3v) is 8.50. The quantitative estimate of drug-likeness (QED) is 0.325. The van der Waals surface area contributed by atoms with Gasteiger partial charge in [-0.25, -0.2) is 14.8 Å². The maximum absolute atomic E-state index is 13.0. The predicted molar refractivity (Wildman–Crippen MR) is 164 cm³/mol. The average molecular weight is 642 g/mol. The molecule has 3 aromatic rings. The molecule has 4 rings (SSSR count). The van der Waals surface area contributed by atoms with E-state index in [1.54, 1.807) is 31.9 Å². The van der Waals surface area contributed by atoms with Crippen molar-refractivity contribution in [2.24, 2.45) is 0 Å². The van der Waals surface area contributed by atoms with Crippen LogP contribution in [0, 0.1) is 6.92 Å². The van der Waals surface area contributed by atoms with Crippen LogP contribution in [0.2, 0.25) is 10.0 Å². The molecule has 4 heterocycles. The minimum Gasteiger partial charge on any atom is -0.434 e. The number of nitrogens with zero attached hydrogens (tertiary/aromatic N) is 6. The second-order valence-electron chi connectivity index (χ2n) is 9.96. The Morgan fingerprint density at radius 1 is 1.17 bits per heavy atom. The van der Waals surface area contributed by atoms with E-state index in [9.17, 15) is 9.59 Å². The number of aryl methyl sites for hydroxylation is 1. The van der Waals surface area contributed by atoms with Crippen LogP contribution < -0.4 is 24.8 Å². The molecule has 42 heavy (non-hydrogen) atoms. The van der Waals surface area contributed by atoms with Crippen molar-refractivity contribution in [1.29, 1.82) is 0 Å². The average Bonchev–Trinajstić information content (AvgIpc) is 3.49. The Balaban J connectivity index is 1.62. The van der Waals surface area contributed by atoms with Crippen LogP contribution in [0.1, 0.15) is 29.5 Å². The maximum atomic E-state index is 13.0. The SMILES string of the molecule is CCOC(=O)Oc1sc(N2CC[C@@H](NC(=O)c3[nH]c(C)c(Cl)c3Cl)[C@@H](OC)C2)nc1-c1cc(N(C)C)nc(N(C)C)n1. The van der Waals surface area contributed by atoms with Gasteiger partial charge in [-0.2, -0.15) is 4.98 Å². The molecule has 2 N–H and O–H groups in total. The van der Waals surface area contributed by atoms with Gasteiger partial charge in [0, 0.05) is 60.2 Å². The largest absolute Gasteiger partial charge is 0.514 e. The number of carbonyl (C=O) groups is 2. The summed E-state index contributed by atoms with van der Waals surface area (Å²) in [7, 11) is 9.02. The lowest BCUT2D eigenvalue weighted by molar-refractivity contribution is 0.0540. The smallest absolute Gasteiger partial charge is 0.434 e. The summed E-state index contributed by atoms with van der Waals surface area (Å²) >= 11 is 13.6. The Kier molecular flexibility index (Phi) is 10.0. The Morgan fingerprint density at radius 3 is 2.50 bits per heavy atom. The summed E-state index contributed by atoms with van der Waals surface area (Å²) in [5.41, 5.74) is 1.70. The number of nitrogens with one attached hydrogen (secondary N) is 2. The number of halogens is 2. The van der Waals surface area contributed by atoms with E-state index in [1.165, 1.54) is 11.3 Å². The molecule has 0 saturated carbocycles. The second-order valence-corrected chi connectivity index (χ2v) is 11.7. The summed E-state index contributed by atoms with van der Waals surface area (Å²) in [6, 6.07) is 1.49. The fourth-order valence-corrected chi connectivity index (χ4v) is 5.69. The van der Waals surface area contributed by atoms with Crippen LogP contribution in [0.25, 0.3) is 11.4 Å². The van der Waals surface area contributed by atoms with Gasteiger partial charge in [0.15, 0.2) is 5.13 Å². The number of methoxy groups -OCH3 is 1. The number of carbonyl (C=O) groups excluding carboxylic acids is 2. The zero-order chi connectivity index (χ0) is 30.7. The van der Waals surface area contributed by atoms with Gasteiger partial charge in [0.05, 0.1) is 28.8 Å². The maximum Gasteiger partial charge on any atom is 0.514 e. The van der Waals surface area contributed by atoms with Crippen molar-refractivity contribution < 1.29 is 23.8 Å². The minimum absolute atomic E-state index is 0.164. The fraction of sp³-hybridized carbons (Fsp3) is 0.500. The second kappa shape index (κ2) is 13.3. The van der Waals surface area contributed by atoms with E-state index in [-0.39, 0.29) is 40.4 Å². The number of hydrogen-bond acceptors (Lipinski definition) is 12. The molecule has 1 fully saturated rings. The van der Waals surface area contributed by atoms with Crippen LogP contribution in [0.4, 0.5) is 21.7 Å². The summed E-state index contributed by atoms with van der Waals surface area (Å²) in [5.74, 6) is 0.770. The molecule has 228 valence electrons. The van der Waals surface area contributed by atoms with Crippen molar-refractivity contribution in [2.75, 3.05) is 69.7 Å². The monoisotopic (exact) mass is 640 g/mol. The van der Waals surface area contributed by atoms with E-state index in [0.717, 1.165) is 0 Å². The predicted octanol–water partition coefficient (Wildman–Crippen LogP) is 4.23. The normalized spacial score (nSPS) is 16.7. The lowest BCUT2D eigenvalue weighted by Crippen LogP contribution is -2.55. The number of aromatic amines is 1. The van der Waals surface area contributed by atoms with Crippen LogP contribution in [0.3, 0.4) is 0 Å². The first kappa shape index (κ1) is 31.6. The lowest BCUT2D eigenvalue weighted by atomic mass is 10.0. The molecule has 0 aliphatic carbocycles. The Labute approximate surface area is 258 Å². The standard InChI is InChI=1S/C26H34Cl2N8O5S/c1-8-40-26(38)41-23-20(15-11-17(34(3)4)32-24(31-15)35(5)6)33-25(42-23)36-10-9-14(16(12-36)39-7)30-22(37)21-19(28)18(27)13(2)29-21/h11,14,16,29H,8-10,12H2,1-7H3,(H,30,37)/t14-,16+/m1/s1. The van der Waals surface area contributed by atoms with E-state index in [1.807, 2.05) is 38.0 Å². The van der Waals surface area contributed by atoms with Gasteiger partial charge in [0.25, 0.3) is 5.91 Å². The van der Waals surface area contributed by atoms with Crippen LogP contribution in [0.5, 0.6) is 5.06 Å². The van der Waals surface area contributed by atoms with Crippen LogP contribution in [0.15, 0.2) is 6.07 Å². The minimum atomic E-state index is -0.835. The number of H-pyrrole nitrogens is 1. The molecule has 1 aliphatic rings. The van der Waals surface area contributed by atoms with Crippen molar-refractivity contribution in [1.82, 2.24) is 25.3 Å². The van der Waals surface area contributed by atoms with Crippen molar-refractivity contribution in [3.05, 3.63) is 27.5 Å². The van der Waals surface area contributed by atoms with Crippen LogP contribution in [-0.2, 0) is 9.47 Å². The Morgan fingerprint density at radius 2 is 1.90 bits per heavy atom. The number of ether oxygens (including phenoxy) is 3. The topological polar surface area (TPSA) is 138 Å². The lowest BCUT2D eigenvalue weighted by Gasteiger charge is -2.37. The summed E-state index contributed by atoms with van der Waals surface area (Å²) < 4.78 is 16.4. The molecule has 0 bridgehead atoms. The summed E-state index contributed by atoms with van der Waals surface area (Å²) in [5, 5.41) is 4.36. The summed E-state index contributed by atoms with van der Waals surface area (Å²) in [6.45, 7) is 4.57. The third-order valence-electron chi connectivity index (χ3n) is 6.55. The first-order valence-corrected chi connectivity index (χ1v) is 14.7. The molecule has 0 radical (unpaired) electrons. The van der Waals surface area contributed by atoms with Gasteiger partial charge in [-0.05, 0) is 20.3 Å². The molecule has 1 amide bonds. The first-order valence-electron chi connectivity index (χ1n) is 13.1. The molecule has 1 saturated heterocycles. The molecular formula is C26H34Cl2N8O5S. The number of anilines is 3. The zero-order valence-electron chi connectivity index (χ0n) is 24.4. The van der Waals surface area contributed by atoms with Crippen molar-refractivity contribution in [2.45, 2.75) is 32.4 Å². The number of thiazole rings is 1. The number of piperidine rings is 1. The van der Waals surface area contributed by atoms with E-state index < -0.39 is 6.16 Å². The number of amides is 1. The highest BCUT2D eigenvalue weighted by Gasteiger charge is 2.34. The van der Waals surface area contributed by atoms with Gasteiger partial charge in [0.1, 0.15) is 22.9 Å². The van der Waals surface area contributed by atoms with Crippen LogP contribution in [-0.4, -0.2) is 99.1 Å². The number of rotatable bonds is 9. The van der Waals surface area contributed by atoms with Crippen molar-refractivity contribution >= 4 is 63.5 Å². The first-order chi connectivity index (χ1) is 19.9. The van der Waals surface area contributed by atoms with Gasteiger partial charge in [-0.15, -0.1) is 0 Å². The van der Waals surface area contributed by atoms with Crippen molar-refractivity contribution in [3.63, 3.8) is 0 Å². The Bertz CT molecular complexity index is 1420. The van der Waals surface area contributed by atoms with Crippen molar-refractivity contribution in [3.8, 4) is 16.5 Å². The molecule has 0 aromatic carbocycles. The molecule has 1 aliphatic heterocycles. The highest BCUT2D eigenvalue weighted by atomic mass is 35.5. The van der Waals surface area contributed by atoms with E-state index >= 15 is 0 Å². The highest BCUT2D eigenvalue weighted by molar-refractivity contribution is 7.18. The van der Waals surface area contributed by atoms with E-state index in [4.69, 9.17) is 42.4 Å². The van der Waals surface area contributed by atoms with E-state index in [0.29, 0.717) is 58.5 Å². The van der Waals surface area contributed by atoms with Gasteiger partial charge < -0.3 is 39.2 Å². The van der Waals surface area contributed by atoms with E-state index in [2.05, 4.69) is 20.3 Å². The molecule has 0 unspecified atom stereocenters. The molecule has 0 spiro atoms. The van der Waals surface area contributed by atoms with Gasteiger partial charge in [-0.1, -0.05) is 34.5 Å². The third kappa shape index (κ3) is 6.83. The molecule has 3 aromatic heterocycles. The van der Waals surface area contributed by atoms with Crippen LogP contribution >= 0.6 is 34.5 Å². The van der Waals surface area contributed by atoms with Gasteiger partial charge in [0.2, 0.25) is 11.0 Å². The molecule has 16 heteroatoms. The summed E-state index contributed by atoms with van der Waals surface area (Å²) in [4.78, 5) is 48.0. The Hall–Kier alpha value is -3.33.